The Labute approximate surface area is 101 Å². The highest BCUT2D eigenvalue weighted by Crippen LogP contribution is 2.43. The number of rotatable bonds is 2. The summed E-state index contributed by atoms with van der Waals surface area (Å²) in [7, 11) is 1.56. The van der Waals surface area contributed by atoms with Crippen LogP contribution < -0.4 is 0 Å². The van der Waals surface area contributed by atoms with Gasteiger partial charge in [-0.25, -0.2) is 0 Å². The molecule has 3 nitrogen and oxygen atoms in total. The van der Waals surface area contributed by atoms with Gasteiger partial charge in [-0.2, -0.15) is 17.6 Å². The van der Waals surface area contributed by atoms with Crippen LogP contribution >= 0.6 is 33.4 Å². The summed E-state index contributed by atoms with van der Waals surface area (Å²) in [6.07, 6.45) is -5.10. The molecule has 0 saturated carbocycles. The zero-order valence-electron chi connectivity index (χ0n) is 7.59. The van der Waals surface area contributed by atoms with E-state index in [0.29, 0.717) is 0 Å². The Hall–Kier alpha value is -0.470. The Morgan fingerprint density at radius 2 is 1.94 bits per heavy atom. The molecule has 1 aliphatic rings. The van der Waals surface area contributed by atoms with Crippen molar-refractivity contribution in [2.75, 3.05) is 0 Å². The van der Waals surface area contributed by atoms with E-state index in [-0.39, 0.29) is 10.1 Å². The van der Waals surface area contributed by atoms with Crippen molar-refractivity contribution in [2.45, 2.75) is 13.1 Å². The van der Waals surface area contributed by atoms with Crippen LogP contribution in [0.3, 0.4) is 0 Å². The maximum Gasteiger partial charge on any atom is 0.455 e. The van der Waals surface area contributed by atoms with Crippen LogP contribution in [0.5, 0.6) is 0 Å². The van der Waals surface area contributed by atoms with E-state index in [1.807, 2.05) is 0 Å². The SMILES string of the molecule is CC(=O)/C(C(=O)C(F)(F)F)=C1/SSN=C1Cl. The van der Waals surface area contributed by atoms with E-state index in [9.17, 15) is 22.8 Å². The fourth-order valence-electron chi connectivity index (χ4n) is 0.874. The van der Waals surface area contributed by atoms with Crippen molar-refractivity contribution in [3.05, 3.63) is 10.5 Å². The number of carbonyl (C=O) groups excluding carboxylic acids is 2. The Kier molecular flexibility index (Phi) is 4.08. The van der Waals surface area contributed by atoms with Gasteiger partial charge in [-0.1, -0.05) is 11.6 Å². The summed E-state index contributed by atoms with van der Waals surface area (Å²) in [4.78, 5) is 21.8. The smallest absolute Gasteiger partial charge is 0.294 e. The van der Waals surface area contributed by atoms with Crippen LogP contribution in [0.2, 0.25) is 0 Å². The third kappa shape index (κ3) is 2.80. The first-order valence-electron chi connectivity index (χ1n) is 3.69. The second-order valence-corrected chi connectivity index (χ2v) is 4.84. The first-order valence-corrected chi connectivity index (χ1v) is 6.18. The monoisotopic (exact) mass is 289 g/mol. The average molecular weight is 290 g/mol. The standard InChI is InChI=1S/C7H3ClF3NO2S2/c1-2(13)3(5(14)7(9,10)11)4-6(8)12-16-15-4/h1H3/b4-3-. The quantitative estimate of drug-likeness (QED) is 0.258. The molecule has 0 radical (unpaired) electrons. The topological polar surface area (TPSA) is 46.5 Å². The summed E-state index contributed by atoms with van der Waals surface area (Å²) >= 11 is 5.49. The van der Waals surface area contributed by atoms with E-state index in [0.717, 1.165) is 28.7 Å². The lowest BCUT2D eigenvalue weighted by Crippen LogP contribution is -2.28. The molecule has 0 fully saturated rings. The second kappa shape index (κ2) is 4.80. The number of ketones is 2. The summed E-state index contributed by atoms with van der Waals surface area (Å²) < 4.78 is 40.1. The number of hydrogen-bond donors (Lipinski definition) is 0. The number of alkyl halides is 3. The average Bonchev–Trinajstić information content (AvgIpc) is 2.50. The van der Waals surface area contributed by atoms with E-state index in [1.54, 1.807) is 0 Å². The number of allylic oxidation sites excluding steroid dienone is 2. The number of hydrogen-bond acceptors (Lipinski definition) is 5. The molecule has 16 heavy (non-hydrogen) atoms. The minimum absolute atomic E-state index is 0.235. The molecule has 0 bridgehead atoms. The van der Waals surface area contributed by atoms with Crippen LogP contribution in [0, 0.1) is 0 Å². The Balaban J connectivity index is 3.26. The molecular weight excluding hydrogens is 287 g/mol. The molecule has 0 aliphatic carbocycles. The van der Waals surface area contributed by atoms with Gasteiger partial charge in [-0.3, -0.25) is 9.59 Å². The minimum Gasteiger partial charge on any atom is -0.294 e. The van der Waals surface area contributed by atoms with Crippen LogP contribution in [0.4, 0.5) is 13.2 Å². The van der Waals surface area contributed by atoms with Crippen molar-refractivity contribution < 1.29 is 22.8 Å². The Bertz CT molecular complexity index is 416. The zero-order valence-corrected chi connectivity index (χ0v) is 9.98. The third-order valence-corrected chi connectivity index (χ3v) is 3.82. The number of nitrogens with zero attached hydrogens (tertiary/aromatic N) is 1. The summed E-state index contributed by atoms with van der Waals surface area (Å²) in [6, 6.07) is 0. The van der Waals surface area contributed by atoms with Gasteiger partial charge in [0, 0.05) is 0 Å². The molecule has 9 heteroatoms. The number of carbonyl (C=O) groups is 2. The predicted molar refractivity (Wildman–Crippen MR) is 57.2 cm³/mol. The van der Waals surface area contributed by atoms with E-state index in [2.05, 4.69) is 4.40 Å². The van der Waals surface area contributed by atoms with E-state index in [1.165, 1.54) is 0 Å². The summed E-state index contributed by atoms with van der Waals surface area (Å²) in [5.74, 6) is -3.18. The maximum absolute atomic E-state index is 12.2. The normalized spacial score (nSPS) is 19.4. The van der Waals surface area contributed by atoms with Crippen LogP contribution in [0.15, 0.2) is 14.9 Å². The molecule has 88 valence electrons. The fourth-order valence-corrected chi connectivity index (χ4v) is 3.25. The van der Waals surface area contributed by atoms with Crippen molar-refractivity contribution in [3.63, 3.8) is 0 Å². The highest BCUT2D eigenvalue weighted by Gasteiger charge is 2.44. The zero-order chi connectivity index (χ0) is 12.5. The molecule has 0 aromatic rings. The first-order chi connectivity index (χ1) is 7.25. The molecule has 1 heterocycles. The summed E-state index contributed by atoms with van der Waals surface area (Å²) in [5, 5.41) is -0.266. The van der Waals surface area contributed by atoms with Crippen molar-refractivity contribution in [2.24, 2.45) is 4.40 Å². The van der Waals surface area contributed by atoms with E-state index < -0.39 is 23.3 Å². The molecule has 0 amide bonds. The van der Waals surface area contributed by atoms with Gasteiger partial charge in [0.25, 0.3) is 5.78 Å². The van der Waals surface area contributed by atoms with Gasteiger partial charge in [0.15, 0.2) is 11.0 Å². The van der Waals surface area contributed by atoms with Gasteiger partial charge >= 0.3 is 6.18 Å². The van der Waals surface area contributed by atoms with Crippen molar-refractivity contribution in [3.8, 4) is 0 Å². The molecule has 0 unspecified atom stereocenters. The molecule has 0 saturated heterocycles. The van der Waals surface area contributed by atoms with Gasteiger partial charge in [0.2, 0.25) is 0 Å². The van der Waals surface area contributed by atoms with Gasteiger partial charge in [0.05, 0.1) is 21.5 Å². The second-order valence-electron chi connectivity index (χ2n) is 2.63. The van der Waals surface area contributed by atoms with Crippen LogP contribution in [-0.2, 0) is 9.59 Å². The Morgan fingerprint density at radius 3 is 2.25 bits per heavy atom. The molecular formula is C7H3ClF3NO2S2. The molecule has 1 rings (SSSR count). The van der Waals surface area contributed by atoms with Gasteiger partial charge < -0.3 is 0 Å². The van der Waals surface area contributed by atoms with Gasteiger partial charge in [-0.05, 0) is 17.7 Å². The first kappa shape index (κ1) is 13.6. The molecule has 0 aromatic carbocycles. The lowest BCUT2D eigenvalue weighted by atomic mass is 10.1. The molecule has 0 N–H and O–H groups in total. The largest absolute Gasteiger partial charge is 0.455 e. The fraction of sp³-hybridized carbons (Fsp3) is 0.286. The predicted octanol–water partition coefficient (Wildman–Crippen LogP) is 2.91. The van der Waals surface area contributed by atoms with E-state index in [4.69, 9.17) is 11.6 Å². The number of Topliss-reactive ketones (excluding diaryl/α,β-unsaturated/α-hetero) is 2. The van der Waals surface area contributed by atoms with Gasteiger partial charge in [-0.15, -0.1) is 0 Å². The highest BCUT2D eigenvalue weighted by molar-refractivity contribution is 8.78. The summed E-state index contributed by atoms with van der Waals surface area (Å²) in [5.41, 5.74) is -0.962. The van der Waals surface area contributed by atoms with Crippen molar-refractivity contribution >= 4 is 50.1 Å². The van der Waals surface area contributed by atoms with Crippen molar-refractivity contribution in [1.29, 1.82) is 0 Å². The van der Waals surface area contributed by atoms with Crippen LogP contribution in [0.25, 0.3) is 0 Å². The Morgan fingerprint density at radius 1 is 1.38 bits per heavy atom. The third-order valence-electron chi connectivity index (χ3n) is 1.49. The lowest BCUT2D eigenvalue weighted by Gasteiger charge is -2.08. The maximum atomic E-state index is 12.2. The summed E-state index contributed by atoms with van der Waals surface area (Å²) in [6.45, 7) is 0.875. The van der Waals surface area contributed by atoms with Crippen LogP contribution in [0.1, 0.15) is 6.92 Å². The van der Waals surface area contributed by atoms with E-state index >= 15 is 0 Å². The highest BCUT2D eigenvalue weighted by atomic mass is 35.5. The lowest BCUT2D eigenvalue weighted by molar-refractivity contribution is -0.167. The van der Waals surface area contributed by atoms with Crippen molar-refractivity contribution in [1.82, 2.24) is 0 Å². The minimum atomic E-state index is -5.10. The molecule has 0 spiro atoms. The van der Waals surface area contributed by atoms with Gasteiger partial charge in [0.1, 0.15) is 0 Å². The molecule has 0 aromatic heterocycles. The molecule has 1 aliphatic heterocycles. The molecule has 0 atom stereocenters. The van der Waals surface area contributed by atoms with Crippen LogP contribution in [-0.4, -0.2) is 22.9 Å². The number of halogens is 4.